The van der Waals surface area contributed by atoms with Gasteiger partial charge in [-0.2, -0.15) is 4.98 Å². The summed E-state index contributed by atoms with van der Waals surface area (Å²) in [5, 5.41) is 3.99. The van der Waals surface area contributed by atoms with Crippen molar-refractivity contribution in [1.29, 1.82) is 0 Å². The van der Waals surface area contributed by atoms with Crippen LogP contribution in [0.15, 0.2) is 4.52 Å². The van der Waals surface area contributed by atoms with Crippen LogP contribution in [0.3, 0.4) is 0 Å². The average Bonchev–Trinajstić information content (AvgIpc) is 2.75. The molecule has 0 bridgehead atoms. The van der Waals surface area contributed by atoms with Gasteiger partial charge in [-0.1, -0.05) is 5.16 Å². The van der Waals surface area contributed by atoms with Crippen molar-refractivity contribution < 1.29 is 4.52 Å². The largest absolute Gasteiger partial charge is 0.339 e. The molecule has 5 heteroatoms. The monoisotopic (exact) mass is 224 g/mol. The highest BCUT2D eigenvalue weighted by molar-refractivity contribution is 4.97. The number of aromatic nitrogens is 2. The Labute approximate surface area is 96.0 Å². The van der Waals surface area contributed by atoms with Gasteiger partial charge in [0.1, 0.15) is 0 Å². The predicted molar refractivity (Wildman–Crippen MR) is 61.1 cm³/mol. The molecule has 0 saturated carbocycles. The van der Waals surface area contributed by atoms with Gasteiger partial charge in [-0.25, -0.2) is 0 Å². The molecule has 1 aliphatic heterocycles. The lowest BCUT2D eigenvalue weighted by Gasteiger charge is -2.27. The molecule has 0 radical (unpaired) electrons. The van der Waals surface area contributed by atoms with E-state index in [0.29, 0.717) is 12.5 Å². The van der Waals surface area contributed by atoms with Crippen LogP contribution in [0.5, 0.6) is 0 Å². The number of likely N-dealkylation sites (N-methyl/N-ethyl adjacent to an activating group) is 1. The molecule has 5 nitrogen and oxygen atoms in total. The number of nitrogens with zero attached hydrogens (tertiary/aromatic N) is 3. The van der Waals surface area contributed by atoms with Gasteiger partial charge in [0.2, 0.25) is 5.89 Å². The zero-order valence-corrected chi connectivity index (χ0v) is 9.85. The van der Waals surface area contributed by atoms with Crippen molar-refractivity contribution in [2.24, 2.45) is 5.73 Å². The summed E-state index contributed by atoms with van der Waals surface area (Å²) in [6, 6.07) is 0. The Hall–Kier alpha value is -0.940. The predicted octanol–water partition coefficient (Wildman–Crippen LogP) is 0.770. The molecule has 1 atom stereocenters. The van der Waals surface area contributed by atoms with Gasteiger partial charge in [0.25, 0.3) is 0 Å². The molecule has 1 aromatic heterocycles. The third kappa shape index (κ3) is 2.80. The standard InChI is InChI=1S/C11H20N4O/c1-15-7-3-4-9(8-15)11-13-10(14-16-11)5-2-6-12/h9H,2-8,12H2,1H3/t9-/m0/s1. The highest BCUT2D eigenvalue weighted by atomic mass is 16.5. The highest BCUT2D eigenvalue weighted by Crippen LogP contribution is 2.24. The van der Waals surface area contributed by atoms with Crippen molar-refractivity contribution in [3.8, 4) is 0 Å². The second kappa shape index (κ2) is 5.41. The van der Waals surface area contributed by atoms with E-state index in [1.807, 2.05) is 0 Å². The maximum atomic E-state index is 5.45. The molecule has 90 valence electrons. The van der Waals surface area contributed by atoms with Gasteiger partial charge < -0.3 is 15.2 Å². The smallest absolute Gasteiger partial charge is 0.231 e. The lowest BCUT2D eigenvalue weighted by molar-refractivity contribution is 0.220. The van der Waals surface area contributed by atoms with Crippen LogP contribution in [0.25, 0.3) is 0 Å². The fourth-order valence-corrected chi connectivity index (χ4v) is 2.16. The van der Waals surface area contributed by atoms with Gasteiger partial charge in [0.15, 0.2) is 5.82 Å². The normalized spacial score (nSPS) is 22.5. The van der Waals surface area contributed by atoms with Crippen LogP contribution in [0.1, 0.15) is 36.9 Å². The van der Waals surface area contributed by atoms with E-state index in [2.05, 4.69) is 22.1 Å². The molecule has 0 amide bonds. The van der Waals surface area contributed by atoms with Gasteiger partial charge in [0.05, 0.1) is 5.92 Å². The average molecular weight is 224 g/mol. The second-order valence-electron chi connectivity index (χ2n) is 4.54. The van der Waals surface area contributed by atoms with Crippen LogP contribution >= 0.6 is 0 Å². The summed E-state index contributed by atoms with van der Waals surface area (Å²) in [7, 11) is 2.14. The van der Waals surface area contributed by atoms with E-state index in [0.717, 1.165) is 37.5 Å². The molecular weight excluding hydrogens is 204 g/mol. The summed E-state index contributed by atoms with van der Waals surface area (Å²) in [5.41, 5.74) is 5.45. The minimum absolute atomic E-state index is 0.415. The van der Waals surface area contributed by atoms with E-state index in [1.54, 1.807) is 0 Å². The van der Waals surface area contributed by atoms with E-state index < -0.39 is 0 Å². The zero-order valence-electron chi connectivity index (χ0n) is 9.85. The topological polar surface area (TPSA) is 68.2 Å². The number of hydrogen-bond donors (Lipinski definition) is 1. The zero-order chi connectivity index (χ0) is 11.4. The van der Waals surface area contributed by atoms with Crippen LogP contribution in [-0.4, -0.2) is 41.7 Å². The number of nitrogens with two attached hydrogens (primary N) is 1. The first-order valence-electron chi connectivity index (χ1n) is 6.00. The van der Waals surface area contributed by atoms with Crippen LogP contribution < -0.4 is 5.73 Å². The van der Waals surface area contributed by atoms with Gasteiger partial charge in [-0.3, -0.25) is 0 Å². The number of hydrogen-bond acceptors (Lipinski definition) is 5. The maximum absolute atomic E-state index is 5.45. The summed E-state index contributed by atoms with van der Waals surface area (Å²) in [5.74, 6) is 2.02. The Morgan fingerprint density at radius 2 is 2.44 bits per heavy atom. The van der Waals surface area contributed by atoms with Gasteiger partial charge in [-0.05, 0) is 39.4 Å². The first-order valence-corrected chi connectivity index (χ1v) is 6.00. The molecule has 2 heterocycles. The number of likely N-dealkylation sites (tertiary alicyclic amines) is 1. The molecule has 0 spiro atoms. The molecule has 16 heavy (non-hydrogen) atoms. The Morgan fingerprint density at radius 3 is 3.19 bits per heavy atom. The molecular formula is C11H20N4O. The molecule has 1 aliphatic rings. The summed E-state index contributed by atoms with van der Waals surface area (Å²) in [4.78, 5) is 6.76. The van der Waals surface area contributed by atoms with Crippen molar-refractivity contribution in [3.05, 3.63) is 11.7 Å². The van der Waals surface area contributed by atoms with Crippen molar-refractivity contribution in [3.63, 3.8) is 0 Å². The first-order chi connectivity index (χ1) is 7.79. The van der Waals surface area contributed by atoms with E-state index in [-0.39, 0.29) is 0 Å². The SMILES string of the molecule is CN1CCC[C@H](c2nc(CCCN)no2)C1. The molecule has 1 fully saturated rings. The minimum Gasteiger partial charge on any atom is -0.339 e. The molecule has 1 aromatic rings. The minimum atomic E-state index is 0.415. The summed E-state index contributed by atoms with van der Waals surface area (Å²) < 4.78 is 5.32. The number of rotatable bonds is 4. The Bertz CT molecular complexity index is 326. The van der Waals surface area contributed by atoms with Crippen LogP contribution in [0, 0.1) is 0 Å². The second-order valence-corrected chi connectivity index (χ2v) is 4.54. The molecule has 2 N–H and O–H groups in total. The first kappa shape index (κ1) is 11.5. The third-order valence-electron chi connectivity index (χ3n) is 3.06. The van der Waals surface area contributed by atoms with E-state index in [9.17, 15) is 0 Å². The van der Waals surface area contributed by atoms with Gasteiger partial charge in [-0.15, -0.1) is 0 Å². The van der Waals surface area contributed by atoms with Crippen LogP contribution in [0.2, 0.25) is 0 Å². The number of aryl methyl sites for hydroxylation is 1. The van der Waals surface area contributed by atoms with Crippen LogP contribution in [0.4, 0.5) is 0 Å². The fraction of sp³-hybridized carbons (Fsp3) is 0.818. The lowest BCUT2D eigenvalue weighted by atomic mass is 9.98. The van der Waals surface area contributed by atoms with Crippen molar-refractivity contribution >= 4 is 0 Å². The molecule has 1 saturated heterocycles. The lowest BCUT2D eigenvalue weighted by Crippen LogP contribution is -2.30. The highest BCUT2D eigenvalue weighted by Gasteiger charge is 2.23. The Kier molecular flexibility index (Phi) is 3.90. The summed E-state index contributed by atoms with van der Waals surface area (Å²) in [6.45, 7) is 2.87. The third-order valence-corrected chi connectivity index (χ3v) is 3.06. The Morgan fingerprint density at radius 1 is 1.56 bits per heavy atom. The van der Waals surface area contributed by atoms with Crippen LogP contribution in [-0.2, 0) is 6.42 Å². The van der Waals surface area contributed by atoms with Crippen molar-refractivity contribution in [1.82, 2.24) is 15.0 Å². The Balaban J connectivity index is 1.95. The molecule has 0 aromatic carbocycles. The van der Waals surface area contributed by atoms with E-state index in [1.165, 1.54) is 13.0 Å². The van der Waals surface area contributed by atoms with E-state index in [4.69, 9.17) is 10.3 Å². The maximum Gasteiger partial charge on any atom is 0.231 e. The molecule has 0 aliphatic carbocycles. The van der Waals surface area contributed by atoms with Crippen molar-refractivity contribution in [2.45, 2.75) is 31.6 Å². The number of piperidine rings is 1. The summed E-state index contributed by atoms with van der Waals surface area (Å²) in [6.07, 6.45) is 4.11. The fourth-order valence-electron chi connectivity index (χ4n) is 2.16. The van der Waals surface area contributed by atoms with E-state index >= 15 is 0 Å². The summed E-state index contributed by atoms with van der Waals surface area (Å²) >= 11 is 0. The molecule has 2 rings (SSSR count). The quantitative estimate of drug-likeness (QED) is 0.818. The van der Waals surface area contributed by atoms with Gasteiger partial charge >= 0.3 is 0 Å². The molecule has 0 unspecified atom stereocenters. The van der Waals surface area contributed by atoms with Gasteiger partial charge in [0, 0.05) is 13.0 Å². The van der Waals surface area contributed by atoms with Crippen molar-refractivity contribution in [2.75, 3.05) is 26.7 Å².